The van der Waals surface area contributed by atoms with Crippen LogP contribution in [0.2, 0.25) is 0 Å². The summed E-state index contributed by atoms with van der Waals surface area (Å²) in [7, 11) is 0. The van der Waals surface area contributed by atoms with E-state index in [1.807, 2.05) is 64.1 Å². The van der Waals surface area contributed by atoms with Crippen LogP contribution in [0.1, 0.15) is 70.2 Å². The summed E-state index contributed by atoms with van der Waals surface area (Å²) < 4.78 is 0. The lowest BCUT2D eigenvalue weighted by Gasteiger charge is -2.44. The van der Waals surface area contributed by atoms with Gasteiger partial charge in [-0.2, -0.15) is 0 Å². The van der Waals surface area contributed by atoms with Gasteiger partial charge in [-0.25, -0.2) is 0 Å². The molecule has 0 bridgehead atoms. The lowest BCUT2D eigenvalue weighted by atomic mass is 9.59. The van der Waals surface area contributed by atoms with Crippen molar-refractivity contribution in [2.45, 2.75) is 58.8 Å². The Bertz CT molecular complexity index is 1330. The van der Waals surface area contributed by atoms with E-state index in [0.29, 0.717) is 0 Å². The molecule has 0 saturated heterocycles. The zero-order chi connectivity index (χ0) is 26.9. The van der Waals surface area contributed by atoms with E-state index in [-0.39, 0.29) is 28.9 Å². The smallest absolute Gasteiger partial charge is 0.118 e. The Kier molecular flexibility index (Phi) is 7.22. The van der Waals surface area contributed by atoms with Gasteiger partial charge in [0.25, 0.3) is 0 Å². The van der Waals surface area contributed by atoms with Gasteiger partial charge in [0.2, 0.25) is 0 Å². The first-order valence-electron chi connectivity index (χ1n) is 12.8. The Labute approximate surface area is 219 Å². The van der Waals surface area contributed by atoms with Gasteiger partial charge in [-0.1, -0.05) is 61.9 Å². The molecule has 0 aliphatic heterocycles. The van der Waals surface area contributed by atoms with E-state index >= 15 is 0 Å². The van der Waals surface area contributed by atoms with Gasteiger partial charge in [0.1, 0.15) is 23.0 Å². The third kappa shape index (κ3) is 4.76. The number of hydrogen-bond donors (Lipinski definition) is 4. The van der Waals surface area contributed by atoms with Crippen LogP contribution in [0.3, 0.4) is 0 Å². The standard InChI is InChI=1S/C33H36O4/c1-6-15-33(26-9-13-30(36)22(4)18-26,27-10-14-31(37)23(5)19-27)32(24-7-11-28(34)20(2)16-24)25-8-12-29(35)21(3)17-25/h7-14,16-19,32,34-37H,6,15H2,1-5H3. The number of rotatable bonds is 7. The second-order valence-electron chi connectivity index (χ2n) is 10.2. The maximum absolute atomic E-state index is 10.4. The summed E-state index contributed by atoms with van der Waals surface area (Å²) in [5.41, 5.74) is 6.73. The molecule has 0 fully saturated rings. The van der Waals surface area contributed by atoms with Gasteiger partial charge in [-0.3, -0.25) is 0 Å². The highest BCUT2D eigenvalue weighted by Crippen LogP contribution is 2.53. The minimum atomic E-state index is -0.585. The number of benzene rings is 4. The maximum atomic E-state index is 10.4. The average Bonchev–Trinajstić information content (AvgIpc) is 2.86. The molecular weight excluding hydrogens is 460 g/mol. The summed E-state index contributed by atoms with van der Waals surface area (Å²) >= 11 is 0. The molecular formula is C33H36O4. The van der Waals surface area contributed by atoms with E-state index in [1.54, 1.807) is 24.3 Å². The summed E-state index contributed by atoms with van der Waals surface area (Å²) in [6.07, 6.45) is 1.66. The first-order valence-corrected chi connectivity index (χ1v) is 12.8. The van der Waals surface area contributed by atoms with Gasteiger partial charge in [-0.15, -0.1) is 0 Å². The van der Waals surface area contributed by atoms with Gasteiger partial charge in [-0.05, 0) is 103 Å². The normalized spacial score (nSPS) is 11.7. The maximum Gasteiger partial charge on any atom is 0.118 e. The van der Waals surface area contributed by atoms with Crippen LogP contribution >= 0.6 is 0 Å². The molecule has 0 aliphatic rings. The summed E-state index contributed by atoms with van der Waals surface area (Å²) in [6, 6.07) is 23.1. The summed E-state index contributed by atoms with van der Waals surface area (Å²) in [4.78, 5) is 0. The van der Waals surface area contributed by atoms with Crippen molar-refractivity contribution in [3.63, 3.8) is 0 Å². The van der Waals surface area contributed by atoms with Gasteiger partial charge in [0, 0.05) is 11.3 Å². The molecule has 0 saturated carbocycles. The third-order valence-electron chi connectivity index (χ3n) is 7.67. The summed E-state index contributed by atoms with van der Waals surface area (Å²) in [6.45, 7) is 9.77. The van der Waals surface area contributed by atoms with E-state index in [9.17, 15) is 20.4 Å². The molecule has 4 aromatic rings. The second kappa shape index (κ2) is 10.2. The molecule has 4 aromatic carbocycles. The van der Waals surface area contributed by atoms with Gasteiger partial charge >= 0.3 is 0 Å². The number of hydrogen-bond acceptors (Lipinski definition) is 4. The molecule has 0 atom stereocenters. The van der Waals surface area contributed by atoms with Gasteiger partial charge in [0.15, 0.2) is 0 Å². The molecule has 192 valence electrons. The topological polar surface area (TPSA) is 80.9 Å². The zero-order valence-electron chi connectivity index (χ0n) is 22.2. The van der Waals surface area contributed by atoms with Crippen LogP contribution in [0.4, 0.5) is 0 Å². The number of phenols is 4. The van der Waals surface area contributed by atoms with E-state index in [4.69, 9.17) is 0 Å². The minimum absolute atomic E-state index is 0.195. The van der Waals surface area contributed by atoms with Gasteiger partial charge in [0.05, 0.1) is 0 Å². The van der Waals surface area contributed by atoms with Crippen LogP contribution in [-0.2, 0) is 5.41 Å². The highest BCUT2D eigenvalue weighted by atomic mass is 16.3. The minimum Gasteiger partial charge on any atom is -0.508 e. The molecule has 0 radical (unpaired) electrons. The van der Waals surface area contributed by atoms with E-state index in [2.05, 4.69) is 19.1 Å². The van der Waals surface area contributed by atoms with Crippen molar-refractivity contribution < 1.29 is 20.4 Å². The SMILES string of the molecule is CCCC(c1ccc(O)c(C)c1)(c1ccc(O)c(C)c1)C(c1ccc(O)c(C)c1)c1ccc(O)c(C)c1. The molecule has 4 heteroatoms. The van der Waals surface area contributed by atoms with Crippen molar-refractivity contribution in [2.75, 3.05) is 0 Å². The fourth-order valence-corrected chi connectivity index (χ4v) is 5.67. The lowest BCUT2D eigenvalue weighted by molar-refractivity contribution is 0.407. The summed E-state index contributed by atoms with van der Waals surface area (Å²) in [5.74, 6) is 0.777. The van der Waals surface area contributed by atoms with Crippen LogP contribution in [-0.4, -0.2) is 20.4 Å². The highest BCUT2D eigenvalue weighted by molar-refractivity contribution is 5.56. The molecule has 4 rings (SSSR count). The van der Waals surface area contributed by atoms with Gasteiger partial charge < -0.3 is 20.4 Å². The Hall–Kier alpha value is -3.92. The van der Waals surface area contributed by atoms with Crippen LogP contribution < -0.4 is 0 Å². The predicted octanol–water partition coefficient (Wildman–Crippen LogP) is 7.66. The van der Waals surface area contributed by atoms with Crippen molar-refractivity contribution in [3.05, 3.63) is 117 Å². The van der Waals surface area contributed by atoms with Crippen molar-refractivity contribution >= 4 is 0 Å². The first kappa shape index (κ1) is 26.2. The third-order valence-corrected chi connectivity index (χ3v) is 7.67. The molecule has 37 heavy (non-hydrogen) atoms. The molecule has 4 nitrogen and oxygen atoms in total. The van der Waals surface area contributed by atoms with Crippen LogP contribution in [0.25, 0.3) is 0 Å². The fraction of sp³-hybridized carbons (Fsp3) is 0.273. The van der Waals surface area contributed by atoms with E-state index in [1.165, 1.54) is 0 Å². The second-order valence-corrected chi connectivity index (χ2v) is 10.2. The lowest BCUT2D eigenvalue weighted by Crippen LogP contribution is -2.36. The molecule has 0 unspecified atom stereocenters. The van der Waals surface area contributed by atoms with Crippen molar-refractivity contribution in [1.82, 2.24) is 0 Å². The molecule has 0 aromatic heterocycles. The highest BCUT2D eigenvalue weighted by Gasteiger charge is 2.44. The first-order chi connectivity index (χ1) is 17.6. The molecule has 0 aliphatic carbocycles. The predicted molar refractivity (Wildman–Crippen MR) is 149 cm³/mol. The van der Waals surface area contributed by atoms with Crippen LogP contribution in [0, 0.1) is 27.7 Å². The van der Waals surface area contributed by atoms with Crippen molar-refractivity contribution in [2.24, 2.45) is 0 Å². The Balaban J connectivity index is 2.17. The average molecular weight is 497 g/mol. The van der Waals surface area contributed by atoms with Crippen LogP contribution in [0.15, 0.2) is 72.8 Å². The largest absolute Gasteiger partial charge is 0.508 e. The molecule has 4 N–H and O–H groups in total. The van der Waals surface area contributed by atoms with E-state index in [0.717, 1.165) is 57.3 Å². The molecule has 0 amide bonds. The van der Waals surface area contributed by atoms with Crippen molar-refractivity contribution in [3.8, 4) is 23.0 Å². The quantitative estimate of drug-likeness (QED) is 0.212. The zero-order valence-corrected chi connectivity index (χ0v) is 22.2. The number of phenolic OH excluding ortho intramolecular Hbond substituents is 4. The summed E-state index contributed by atoms with van der Waals surface area (Å²) in [5, 5.41) is 41.5. The van der Waals surface area contributed by atoms with E-state index < -0.39 is 5.41 Å². The molecule has 0 heterocycles. The monoisotopic (exact) mass is 496 g/mol. The van der Waals surface area contributed by atoms with Crippen molar-refractivity contribution in [1.29, 1.82) is 0 Å². The Morgan fingerprint density at radius 1 is 0.541 bits per heavy atom. The molecule has 0 spiro atoms. The number of aryl methyl sites for hydroxylation is 4. The Morgan fingerprint density at radius 2 is 0.892 bits per heavy atom. The van der Waals surface area contributed by atoms with Crippen LogP contribution in [0.5, 0.6) is 23.0 Å². The number of aromatic hydroxyl groups is 4. The fourth-order valence-electron chi connectivity index (χ4n) is 5.67. The Morgan fingerprint density at radius 3 is 1.22 bits per heavy atom.